The predicted molar refractivity (Wildman–Crippen MR) is 81.1 cm³/mol. The molecule has 5 nitrogen and oxygen atoms in total. The van der Waals surface area contributed by atoms with E-state index in [4.69, 9.17) is 0 Å². The minimum absolute atomic E-state index is 0.105. The van der Waals surface area contributed by atoms with Crippen LogP contribution in [0.5, 0.6) is 0 Å². The number of hydrogen-bond acceptors (Lipinski definition) is 3. The van der Waals surface area contributed by atoms with Gasteiger partial charge in [0.1, 0.15) is 0 Å². The maximum Gasteiger partial charge on any atom is 0.254 e. The van der Waals surface area contributed by atoms with Gasteiger partial charge in [-0.15, -0.1) is 0 Å². The lowest BCUT2D eigenvalue weighted by molar-refractivity contribution is -0.114. The van der Waals surface area contributed by atoms with E-state index in [0.717, 1.165) is 12.8 Å². The van der Waals surface area contributed by atoms with Gasteiger partial charge in [-0.1, -0.05) is 6.07 Å². The average Bonchev–Trinajstić information content (AvgIpc) is 2.86. The number of hydrogen-bond donors (Lipinski definition) is 2. The zero-order valence-corrected chi connectivity index (χ0v) is 12.7. The van der Waals surface area contributed by atoms with E-state index in [9.17, 15) is 14.7 Å². The summed E-state index contributed by atoms with van der Waals surface area (Å²) in [7, 11) is 0. The van der Waals surface area contributed by atoms with Gasteiger partial charge >= 0.3 is 0 Å². The molecule has 2 amide bonds. The first-order chi connectivity index (χ1) is 9.79. The summed E-state index contributed by atoms with van der Waals surface area (Å²) >= 11 is 0. The van der Waals surface area contributed by atoms with Crippen LogP contribution in [0.1, 0.15) is 44.0 Å². The molecule has 0 bridgehead atoms. The molecule has 1 aliphatic heterocycles. The summed E-state index contributed by atoms with van der Waals surface area (Å²) in [5.74, 6) is -0.276. The highest BCUT2D eigenvalue weighted by Crippen LogP contribution is 2.28. The van der Waals surface area contributed by atoms with E-state index in [-0.39, 0.29) is 17.9 Å². The molecule has 0 aromatic heterocycles. The fourth-order valence-electron chi connectivity index (χ4n) is 2.84. The molecule has 1 fully saturated rings. The molecule has 0 aliphatic carbocycles. The lowest BCUT2D eigenvalue weighted by atomic mass is 9.96. The highest BCUT2D eigenvalue weighted by molar-refractivity contribution is 5.97. The number of anilines is 1. The maximum atomic E-state index is 12.6. The van der Waals surface area contributed by atoms with Crippen LogP contribution in [0.2, 0.25) is 0 Å². The van der Waals surface area contributed by atoms with Crippen molar-refractivity contribution in [3.05, 3.63) is 29.8 Å². The first kappa shape index (κ1) is 15.5. The summed E-state index contributed by atoms with van der Waals surface area (Å²) in [5.41, 5.74) is 0.214. The zero-order chi connectivity index (χ0) is 15.6. The maximum absolute atomic E-state index is 12.6. The van der Waals surface area contributed by atoms with Crippen molar-refractivity contribution in [1.82, 2.24) is 4.90 Å². The summed E-state index contributed by atoms with van der Waals surface area (Å²) in [6.45, 7) is 5.55. The smallest absolute Gasteiger partial charge is 0.254 e. The molecule has 0 radical (unpaired) electrons. The van der Waals surface area contributed by atoms with E-state index in [2.05, 4.69) is 5.32 Å². The minimum atomic E-state index is -0.915. The van der Waals surface area contributed by atoms with Crippen LogP contribution in [0.25, 0.3) is 0 Å². The van der Waals surface area contributed by atoms with Gasteiger partial charge in [0.25, 0.3) is 5.91 Å². The first-order valence-corrected chi connectivity index (χ1v) is 7.20. The highest BCUT2D eigenvalue weighted by atomic mass is 16.3. The number of carbonyl (C=O) groups is 2. The van der Waals surface area contributed by atoms with Crippen LogP contribution in [0, 0.1) is 0 Å². The Balaban J connectivity index is 2.21. The van der Waals surface area contributed by atoms with Crippen LogP contribution < -0.4 is 5.32 Å². The Bertz CT molecular complexity index is 549. The number of rotatable bonds is 3. The number of nitrogens with zero attached hydrogens (tertiary/aromatic N) is 1. The molecular formula is C16H22N2O3. The predicted octanol–water partition coefficient (Wildman–Crippen LogP) is 2.02. The third kappa shape index (κ3) is 3.61. The van der Waals surface area contributed by atoms with Crippen molar-refractivity contribution < 1.29 is 14.7 Å². The fourth-order valence-corrected chi connectivity index (χ4v) is 2.84. The van der Waals surface area contributed by atoms with Gasteiger partial charge in [0.2, 0.25) is 5.91 Å². The van der Waals surface area contributed by atoms with E-state index >= 15 is 0 Å². The first-order valence-electron chi connectivity index (χ1n) is 7.20. The third-order valence-electron chi connectivity index (χ3n) is 3.76. The molecule has 1 aliphatic rings. The van der Waals surface area contributed by atoms with Crippen molar-refractivity contribution in [1.29, 1.82) is 0 Å². The normalized spacial score (nSPS) is 18.7. The molecule has 114 valence electrons. The van der Waals surface area contributed by atoms with Gasteiger partial charge in [-0.3, -0.25) is 9.59 Å². The number of aliphatic hydroxyl groups is 1. The molecule has 1 unspecified atom stereocenters. The zero-order valence-electron chi connectivity index (χ0n) is 12.7. The second-order valence-corrected chi connectivity index (χ2v) is 6.07. The van der Waals surface area contributed by atoms with E-state index in [1.807, 2.05) is 0 Å². The quantitative estimate of drug-likeness (QED) is 0.894. The lowest BCUT2D eigenvalue weighted by Gasteiger charge is -2.33. The van der Waals surface area contributed by atoms with Gasteiger partial charge < -0.3 is 15.3 Å². The van der Waals surface area contributed by atoms with Gasteiger partial charge in [0.05, 0.1) is 11.6 Å². The molecule has 21 heavy (non-hydrogen) atoms. The fraction of sp³-hybridized carbons (Fsp3) is 0.500. The molecule has 0 saturated carbocycles. The Kier molecular flexibility index (Phi) is 4.32. The summed E-state index contributed by atoms with van der Waals surface area (Å²) in [6, 6.07) is 6.72. The number of nitrogens with one attached hydrogen (secondary N) is 1. The molecule has 5 heteroatoms. The SMILES string of the molecule is CC(=O)Nc1cccc(C(=O)N2CCCC2C(C)(C)O)c1. The van der Waals surface area contributed by atoms with Crippen molar-refractivity contribution in [3.63, 3.8) is 0 Å². The van der Waals surface area contributed by atoms with Crippen LogP contribution in [0.4, 0.5) is 5.69 Å². The summed E-state index contributed by atoms with van der Waals surface area (Å²) in [6.07, 6.45) is 1.70. The average molecular weight is 290 g/mol. The summed E-state index contributed by atoms with van der Waals surface area (Å²) in [4.78, 5) is 25.5. The number of benzene rings is 1. The monoisotopic (exact) mass is 290 g/mol. The van der Waals surface area contributed by atoms with Crippen LogP contribution in [0.3, 0.4) is 0 Å². The van der Waals surface area contributed by atoms with Gasteiger partial charge in [0.15, 0.2) is 0 Å². The molecule has 1 saturated heterocycles. The Morgan fingerprint density at radius 1 is 1.38 bits per heavy atom. The largest absolute Gasteiger partial charge is 0.388 e. The van der Waals surface area contributed by atoms with Crippen LogP contribution in [-0.2, 0) is 4.79 Å². The molecule has 1 aromatic carbocycles. The lowest BCUT2D eigenvalue weighted by Crippen LogP contribution is -2.48. The van der Waals surface area contributed by atoms with Gasteiger partial charge in [-0.05, 0) is 44.9 Å². The van der Waals surface area contributed by atoms with Gasteiger partial charge in [0, 0.05) is 24.7 Å². The molecule has 2 N–H and O–H groups in total. The molecule has 1 atom stereocenters. The van der Waals surface area contributed by atoms with E-state index in [0.29, 0.717) is 17.8 Å². The van der Waals surface area contributed by atoms with Crippen LogP contribution in [-0.4, -0.2) is 40.0 Å². The number of amides is 2. The van der Waals surface area contributed by atoms with Crippen molar-refractivity contribution >= 4 is 17.5 Å². The molecule has 0 spiro atoms. The Morgan fingerprint density at radius 2 is 2.10 bits per heavy atom. The van der Waals surface area contributed by atoms with Crippen molar-refractivity contribution in [3.8, 4) is 0 Å². The Labute approximate surface area is 125 Å². The van der Waals surface area contributed by atoms with Crippen molar-refractivity contribution in [2.75, 3.05) is 11.9 Å². The number of likely N-dealkylation sites (tertiary alicyclic amines) is 1. The molecule has 2 rings (SSSR count). The topological polar surface area (TPSA) is 69.6 Å². The summed E-state index contributed by atoms with van der Waals surface area (Å²) in [5, 5.41) is 12.9. The van der Waals surface area contributed by atoms with Crippen LogP contribution in [0.15, 0.2) is 24.3 Å². The van der Waals surface area contributed by atoms with Crippen molar-refractivity contribution in [2.45, 2.75) is 45.3 Å². The van der Waals surface area contributed by atoms with Gasteiger partial charge in [-0.2, -0.15) is 0 Å². The minimum Gasteiger partial charge on any atom is -0.388 e. The molecule has 1 aromatic rings. The second kappa shape index (κ2) is 5.85. The standard InChI is InChI=1S/C16H22N2O3/c1-11(19)17-13-7-4-6-12(10-13)15(20)18-9-5-8-14(18)16(2,3)21/h4,6-7,10,14,21H,5,8-9H2,1-3H3,(H,17,19). The van der Waals surface area contributed by atoms with E-state index in [1.165, 1.54) is 6.92 Å². The molecule has 1 heterocycles. The second-order valence-electron chi connectivity index (χ2n) is 6.07. The highest BCUT2D eigenvalue weighted by Gasteiger charge is 2.38. The van der Waals surface area contributed by atoms with Crippen molar-refractivity contribution in [2.24, 2.45) is 0 Å². The molecular weight excluding hydrogens is 268 g/mol. The van der Waals surface area contributed by atoms with Gasteiger partial charge in [-0.25, -0.2) is 0 Å². The van der Waals surface area contributed by atoms with Crippen LogP contribution >= 0.6 is 0 Å². The Morgan fingerprint density at radius 3 is 2.71 bits per heavy atom. The summed E-state index contributed by atoms with van der Waals surface area (Å²) < 4.78 is 0. The van der Waals surface area contributed by atoms with E-state index < -0.39 is 5.60 Å². The third-order valence-corrected chi connectivity index (χ3v) is 3.76. The van der Waals surface area contributed by atoms with E-state index in [1.54, 1.807) is 43.0 Å². The number of carbonyl (C=O) groups excluding carboxylic acids is 2. The Hall–Kier alpha value is -1.88.